The van der Waals surface area contributed by atoms with Crippen molar-refractivity contribution < 1.29 is 0 Å². The van der Waals surface area contributed by atoms with E-state index >= 15 is 0 Å². The Hall–Kier alpha value is -1.09. The monoisotopic (exact) mass is 151 g/mol. The van der Waals surface area contributed by atoms with Gasteiger partial charge in [0.25, 0.3) is 0 Å². The summed E-state index contributed by atoms with van der Waals surface area (Å²) in [6.07, 6.45) is 2.64. The third kappa shape index (κ3) is 2.55. The van der Waals surface area contributed by atoms with E-state index in [-0.39, 0.29) is 6.17 Å². The summed E-state index contributed by atoms with van der Waals surface area (Å²) in [6, 6.07) is 5.70. The maximum Gasteiger partial charge on any atom is 0.127 e. The van der Waals surface area contributed by atoms with Crippen molar-refractivity contribution in [1.29, 1.82) is 0 Å². The van der Waals surface area contributed by atoms with Gasteiger partial charge in [0.05, 0.1) is 6.17 Å². The maximum absolute atomic E-state index is 5.65. The number of aromatic nitrogens is 1. The van der Waals surface area contributed by atoms with Crippen molar-refractivity contribution in [3.63, 3.8) is 0 Å². The fourth-order valence-electron chi connectivity index (χ4n) is 0.740. The lowest BCUT2D eigenvalue weighted by Gasteiger charge is -2.10. The molecule has 1 rings (SSSR count). The number of anilines is 1. The second kappa shape index (κ2) is 3.93. The fraction of sp³-hybridized carbons (Fsp3) is 0.375. The molecule has 0 saturated heterocycles. The normalized spacial score (nSPS) is 12.5. The Balaban J connectivity index is 2.51. The summed E-state index contributed by atoms with van der Waals surface area (Å²) in [7, 11) is 0. The maximum atomic E-state index is 5.65. The van der Waals surface area contributed by atoms with Crippen molar-refractivity contribution in [2.45, 2.75) is 19.5 Å². The van der Waals surface area contributed by atoms with Gasteiger partial charge in [0.1, 0.15) is 5.82 Å². The first kappa shape index (κ1) is 8.01. The smallest absolute Gasteiger partial charge is 0.127 e. The molecule has 0 aliphatic heterocycles. The van der Waals surface area contributed by atoms with Gasteiger partial charge in [-0.1, -0.05) is 13.0 Å². The van der Waals surface area contributed by atoms with Gasteiger partial charge in [-0.2, -0.15) is 0 Å². The van der Waals surface area contributed by atoms with Crippen LogP contribution in [0.15, 0.2) is 24.4 Å². The van der Waals surface area contributed by atoms with Crippen LogP contribution in [0.3, 0.4) is 0 Å². The van der Waals surface area contributed by atoms with E-state index in [1.165, 1.54) is 0 Å². The van der Waals surface area contributed by atoms with Gasteiger partial charge in [-0.25, -0.2) is 4.98 Å². The molecule has 1 unspecified atom stereocenters. The first-order valence-corrected chi connectivity index (χ1v) is 3.76. The van der Waals surface area contributed by atoms with Gasteiger partial charge < -0.3 is 11.1 Å². The largest absolute Gasteiger partial charge is 0.355 e. The number of nitrogens with one attached hydrogen (secondary N) is 1. The van der Waals surface area contributed by atoms with Gasteiger partial charge in [-0.3, -0.25) is 0 Å². The van der Waals surface area contributed by atoms with E-state index < -0.39 is 0 Å². The molecule has 1 aromatic heterocycles. The fourth-order valence-corrected chi connectivity index (χ4v) is 0.740. The Labute approximate surface area is 66.6 Å². The predicted molar refractivity (Wildman–Crippen MR) is 46.1 cm³/mol. The molecule has 0 radical (unpaired) electrons. The molecule has 0 fully saturated rings. The molecule has 0 amide bonds. The van der Waals surface area contributed by atoms with E-state index in [0.717, 1.165) is 12.2 Å². The quantitative estimate of drug-likeness (QED) is 0.638. The average molecular weight is 151 g/mol. The van der Waals surface area contributed by atoms with Crippen LogP contribution in [0.5, 0.6) is 0 Å². The van der Waals surface area contributed by atoms with Crippen molar-refractivity contribution in [1.82, 2.24) is 4.98 Å². The van der Waals surface area contributed by atoms with Crippen LogP contribution in [-0.2, 0) is 0 Å². The average Bonchev–Trinajstić information content (AvgIpc) is 2.06. The van der Waals surface area contributed by atoms with Crippen LogP contribution in [0.1, 0.15) is 13.3 Å². The van der Waals surface area contributed by atoms with Gasteiger partial charge >= 0.3 is 0 Å². The zero-order valence-electron chi connectivity index (χ0n) is 6.62. The third-order valence-electron chi connectivity index (χ3n) is 1.44. The molecule has 1 aromatic rings. The van der Waals surface area contributed by atoms with Gasteiger partial charge in [-0.15, -0.1) is 0 Å². The molecule has 0 bridgehead atoms. The summed E-state index contributed by atoms with van der Waals surface area (Å²) >= 11 is 0. The van der Waals surface area contributed by atoms with E-state index in [9.17, 15) is 0 Å². The summed E-state index contributed by atoms with van der Waals surface area (Å²) in [5, 5.41) is 3.06. The van der Waals surface area contributed by atoms with Crippen molar-refractivity contribution >= 4 is 5.82 Å². The Morgan fingerprint density at radius 1 is 1.64 bits per heavy atom. The van der Waals surface area contributed by atoms with Crippen molar-refractivity contribution in [3.8, 4) is 0 Å². The highest BCUT2D eigenvalue weighted by atomic mass is 15.1. The van der Waals surface area contributed by atoms with E-state index in [4.69, 9.17) is 5.73 Å². The second-order valence-electron chi connectivity index (χ2n) is 2.37. The number of rotatable bonds is 3. The molecule has 0 aliphatic rings. The lowest BCUT2D eigenvalue weighted by molar-refractivity contribution is 0.725. The predicted octanol–water partition coefficient (Wildman–Crippen LogP) is 1.19. The van der Waals surface area contributed by atoms with Crippen molar-refractivity contribution in [2.75, 3.05) is 5.32 Å². The van der Waals surface area contributed by atoms with Crippen LogP contribution < -0.4 is 11.1 Å². The van der Waals surface area contributed by atoms with E-state index in [1.807, 2.05) is 25.1 Å². The Bertz CT molecular complexity index is 198. The SMILES string of the molecule is CCC(N)Nc1ccccn1. The minimum atomic E-state index is 0.00454. The van der Waals surface area contributed by atoms with Crippen LogP contribution in [0, 0.1) is 0 Å². The highest BCUT2D eigenvalue weighted by molar-refractivity contribution is 5.33. The van der Waals surface area contributed by atoms with Crippen LogP contribution in [-0.4, -0.2) is 11.1 Å². The Morgan fingerprint density at radius 3 is 3.00 bits per heavy atom. The number of nitrogens with zero attached hydrogens (tertiary/aromatic N) is 1. The standard InChI is InChI=1S/C8H13N3/c1-2-7(9)11-8-5-3-4-6-10-8/h3-7H,2,9H2,1H3,(H,10,11). The topological polar surface area (TPSA) is 50.9 Å². The van der Waals surface area contributed by atoms with E-state index in [1.54, 1.807) is 6.20 Å². The van der Waals surface area contributed by atoms with Gasteiger partial charge in [0.15, 0.2) is 0 Å². The molecule has 0 aliphatic carbocycles. The second-order valence-corrected chi connectivity index (χ2v) is 2.37. The third-order valence-corrected chi connectivity index (χ3v) is 1.44. The molecule has 11 heavy (non-hydrogen) atoms. The first-order valence-electron chi connectivity index (χ1n) is 3.76. The number of nitrogens with two attached hydrogens (primary N) is 1. The molecule has 0 spiro atoms. The lowest BCUT2D eigenvalue weighted by atomic mass is 10.4. The molecular weight excluding hydrogens is 138 g/mol. The number of hydrogen-bond donors (Lipinski definition) is 2. The summed E-state index contributed by atoms with van der Waals surface area (Å²) < 4.78 is 0. The number of pyridine rings is 1. The molecule has 1 heterocycles. The molecule has 3 nitrogen and oxygen atoms in total. The molecule has 0 aromatic carbocycles. The van der Waals surface area contributed by atoms with Crippen molar-refractivity contribution in [2.24, 2.45) is 5.73 Å². The molecule has 3 N–H and O–H groups in total. The Kier molecular flexibility index (Phi) is 2.86. The van der Waals surface area contributed by atoms with Gasteiger partial charge in [0, 0.05) is 6.20 Å². The zero-order chi connectivity index (χ0) is 8.10. The lowest BCUT2D eigenvalue weighted by Crippen LogP contribution is -2.28. The zero-order valence-corrected chi connectivity index (χ0v) is 6.62. The van der Waals surface area contributed by atoms with Crippen LogP contribution in [0.4, 0.5) is 5.82 Å². The number of hydrogen-bond acceptors (Lipinski definition) is 3. The first-order chi connectivity index (χ1) is 5.33. The molecule has 0 saturated carbocycles. The highest BCUT2D eigenvalue weighted by Crippen LogP contribution is 2.00. The summed E-state index contributed by atoms with van der Waals surface area (Å²) in [5.74, 6) is 0.835. The highest BCUT2D eigenvalue weighted by Gasteiger charge is 1.96. The van der Waals surface area contributed by atoms with E-state index in [0.29, 0.717) is 0 Å². The van der Waals surface area contributed by atoms with Crippen LogP contribution >= 0.6 is 0 Å². The molecule has 1 atom stereocenters. The van der Waals surface area contributed by atoms with Gasteiger partial charge in [0.2, 0.25) is 0 Å². The molecular formula is C8H13N3. The van der Waals surface area contributed by atoms with Crippen LogP contribution in [0.25, 0.3) is 0 Å². The summed E-state index contributed by atoms with van der Waals surface area (Å²) in [6.45, 7) is 2.03. The van der Waals surface area contributed by atoms with E-state index in [2.05, 4.69) is 10.3 Å². The summed E-state index contributed by atoms with van der Waals surface area (Å²) in [4.78, 5) is 4.08. The summed E-state index contributed by atoms with van der Waals surface area (Å²) in [5.41, 5.74) is 5.65. The minimum absolute atomic E-state index is 0.00454. The molecule has 3 heteroatoms. The molecule has 60 valence electrons. The van der Waals surface area contributed by atoms with Crippen LogP contribution in [0.2, 0.25) is 0 Å². The van der Waals surface area contributed by atoms with Crippen molar-refractivity contribution in [3.05, 3.63) is 24.4 Å². The Morgan fingerprint density at radius 2 is 2.45 bits per heavy atom. The minimum Gasteiger partial charge on any atom is -0.355 e. The van der Waals surface area contributed by atoms with Gasteiger partial charge in [-0.05, 0) is 18.6 Å².